The van der Waals surface area contributed by atoms with Gasteiger partial charge in [0.15, 0.2) is 0 Å². The predicted octanol–water partition coefficient (Wildman–Crippen LogP) is 2.29. The van der Waals surface area contributed by atoms with E-state index in [4.69, 9.17) is 0 Å². The lowest BCUT2D eigenvalue weighted by atomic mass is 9.68. The van der Waals surface area contributed by atoms with Crippen LogP contribution in [0, 0.1) is 23.2 Å². The van der Waals surface area contributed by atoms with Gasteiger partial charge in [0.2, 0.25) is 0 Å². The van der Waals surface area contributed by atoms with Crippen LogP contribution in [-0.4, -0.2) is 11.1 Å². The molecule has 0 aromatic heterocycles. The number of aliphatic carboxylic acids is 1. The van der Waals surface area contributed by atoms with E-state index in [2.05, 4.69) is 0 Å². The highest BCUT2D eigenvalue weighted by Crippen LogP contribution is 2.66. The molecule has 1 N–H and O–H groups in total. The van der Waals surface area contributed by atoms with E-state index in [1.165, 1.54) is 25.7 Å². The SMILES string of the molecule is O=C(O)[C@@]12CCC[C@@H]1[C@@H]1CC[C@H]2C1. The Kier molecular flexibility index (Phi) is 1.38. The van der Waals surface area contributed by atoms with Gasteiger partial charge in [0.05, 0.1) is 5.41 Å². The van der Waals surface area contributed by atoms with Gasteiger partial charge in [0.1, 0.15) is 0 Å². The molecular formula is C11H16O2. The van der Waals surface area contributed by atoms with E-state index in [1.54, 1.807) is 0 Å². The van der Waals surface area contributed by atoms with Gasteiger partial charge >= 0.3 is 5.97 Å². The van der Waals surface area contributed by atoms with Crippen LogP contribution in [0.2, 0.25) is 0 Å². The van der Waals surface area contributed by atoms with Crippen LogP contribution in [0.1, 0.15) is 38.5 Å². The van der Waals surface area contributed by atoms with Crippen LogP contribution in [0.15, 0.2) is 0 Å². The number of hydrogen-bond donors (Lipinski definition) is 1. The second kappa shape index (κ2) is 2.28. The van der Waals surface area contributed by atoms with E-state index in [1.807, 2.05) is 0 Å². The molecule has 3 aliphatic rings. The molecule has 0 heterocycles. The first-order valence-corrected chi connectivity index (χ1v) is 5.48. The minimum atomic E-state index is -0.484. The molecule has 0 aliphatic heterocycles. The Morgan fingerprint density at radius 3 is 2.85 bits per heavy atom. The Balaban J connectivity index is 2.04. The fourth-order valence-corrected chi connectivity index (χ4v) is 4.51. The fraction of sp³-hybridized carbons (Fsp3) is 0.909. The molecule has 0 aromatic rings. The Bertz CT molecular complexity index is 261. The van der Waals surface area contributed by atoms with Gasteiger partial charge < -0.3 is 5.11 Å². The smallest absolute Gasteiger partial charge is 0.310 e. The third kappa shape index (κ3) is 0.733. The highest BCUT2D eigenvalue weighted by atomic mass is 16.4. The molecule has 2 nitrogen and oxygen atoms in total. The number of fused-ring (bicyclic) bond motifs is 5. The zero-order valence-electron chi connectivity index (χ0n) is 7.83. The van der Waals surface area contributed by atoms with Crippen molar-refractivity contribution in [3.63, 3.8) is 0 Å². The van der Waals surface area contributed by atoms with Gasteiger partial charge in [-0.3, -0.25) is 4.79 Å². The standard InChI is InChI=1S/C11H16O2/c12-10(13)11-5-1-2-9(11)7-3-4-8(11)6-7/h7-9H,1-6H2,(H,12,13)/t7-,8+,9-,11-/m1/s1. The second-order valence-corrected chi connectivity index (χ2v) is 5.11. The van der Waals surface area contributed by atoms with Crippen molar-refractivity contribution in [1.82, 2.24) is 0 Å². The number of carboxylic acids is 1. The van der Waals surface area contributed by atoms with E-state index in [9.17, 15) is 9.90 Å². The third-order valence-electron chi connectivity index (χ3n) is 4.94. The van der Waals surface area contributed by atoms with Gasteiger partial charge in [-0.25, -0.2) is 0 Å². The molecule has 2 bridgehead atoms. The maximum absolute atomic E-state index is 11.4. The van der Waals surface area contributed by atoms with Crippen LogP contribution in [0.3, 0.4) is 0 Å². The van der Waals surface area contributed by atoms with Gasteiger partial charge in [0, 0.05) is 0 Å². The van der Waals surface area contributed by atoms with Gasteiger partial charge in [-0.05, 0) is 49.9 Å². The van der Waals surface area contributed by atoms with Gasteiger partial charge in [-0.1, -0.05) is 6.42 Å². The van der Waals surface area contributed by atoms with E-state index < -0.39 is 5.97 Å². The molecule has 0 radical (unpaired) electrons. The largest absolute Gasteiger partial charge is 0.481 e. The first-order valence-electron chi connectivity index (χ1n) is 5.48. The van der Waals surface area contributed by atoms with Crippen molar-refractivity contribution in [2.75, 3.05) is 0 Å². The van der Waals surface area contributed by atoms with Crippen LogP contribution < -0.4 is 0 Å². The van der Waals surface area contributed by atoms with Gasteiger partial charge in [-0.15, -0.1) is 0 Å². The molecule has 2 heteroatoms. The minimum Gasteiger partial charge on any atom is -0.481 e. The first kappa shape index (κ1) is 7.84. The summed E-state index contributed by atoms with van der Waals surface area (Å²) in [6.07, 6.45) is 7.03. The average molecular weight is 180 g/mol. The number of hydrogen-bond acceptors (Lipinski definition) is 1. The van der Waals surface area contributed by atoms with E-state index in [0.29, 0.717) is 11.8 Å². The molecule has 3 saturated carbocycles. The Hall–Kier alpha value is -0.530. The molecule has 3 rings (SSSR count). The Morgan fingerprint density at radius 2 is 2.15 bits per heavy atom. The van der Waals surface area contributed by atoms with Crippen molar-refractivity contribution < 1.29 is 9.90 Å². The predicted molar refractivity (Wildman–Crippen MR) is 48.2 cm³/mol. The Labute approximate surface area is 78.3 Å². The quantitative estimate of drug-likeness (QED) is 0.672. The minimum absolute atomic E-state index is 0.261. The average Bonchev–Trinajstić information content (AvgIpc) is 2.76. The summed E-state index contributed by atoms with van der Waals surface area (Å²) < 4.78 is 0. The van der Waals surface area contributed by atoms with Crippen molar-refractivity contribution in [3.8, 4) is 0 Å². The van der Waals surface area contributed by atoms with Crippen molar-refractivity contribution in [3.05, 3.63) is 0 Å². The van der Waals surface area contributed by atoms with Crippen molar-refractivity contribution in [2.24, 2.45) is 23.2 Å². The molecule has 3 aliphatic carbocycles. The third-order valence-corrected chi connectivity index (χ3v) is 4.94. The number of carbonyl (C=O) groups is 1. The second-order valence-electron chi connectivity index (χ2n) is 5.11. The highest BCUT2D eigenvalue weighted by Gasteiger charge is 2.63. The van der Waals surface area contributed by atoms with E-state index in [-0.39, 0.29) is 5.41 Å². The lowest BCUT2D eigenvalue weighted by Crippen LogP contribution is -2.39. The summed E-state index contributed by atoms with van der Waals surface area (Å²) in [5.74, 6) is 1.36. The molecule has 0 spiro atoms. The normalized spacial score (nSPS) is 52.5. The van der Waals surface area contributed by atoms with Crippen LogP contribution in [0.4, 0.5) is 0 Å². The van der Waals surface area contributed by atoms with E-state index >= 15 is 0 Å². The topological polar surface area (TPSA) is 37.3 Å². The summed E-state index contributed by atoms with van der Waals surface area (Å²) in [4.78, 5) is 11.4. The monoisotopic (exact) mass is 180 g/mol. The van der Waals surface area contributed by atoms with Crippen LogP contribution in [0.25, 0.3) is 0 Å². The zero-order chi connectivity index (χ0) is 9.05. The van der Waals surface area contributed by atoms with Crippen LogP contribution >= 0.6 is 0 Å². The molecule has 72 valence electrons. The number of rotatable bonds is 1. The molecule has 0 aromatic carbocycles. The fourth-order valence-electron chi connectivity index (χ4n) is 4.51. The highest BCUT2D eigenvalue weighted by molar-refractivity contribution is 5.77. The maximum Gasteiger partial charge on any atom is 0.310 e. The molecule has 0 saturated heterocycles. The van der Waals surface area contributed by atoms with Crippen molar-refractivity contribution in [2.45, 2.75) is 38.5 Å². The summed E-state index contributed by atoms with van der Waals surface area (Å²) in [7, 11) is 0. The molecular weight excluding hydrogens is 164 g/mol. The first-order chi connectivity index (χ1) is 6.25. The zero-order valence-corrected chi connectivity index (χ0v) is 7.83. The summed E-state index contributed by atoms with van der Waals surface area (Å²) in [5, 5.41) is 9.40. The van der Waals surface area contributed by atoms with Crippen LogP contribution in [-0.2, 0) is 4.79 Å². The summed E-state index contributed by atoms with van der Waals surface area (Å²) >= 11 is 0. The van der Waals surface area contributed by atoms with Crippen molar-refractivity contribution in [1.29, 1.82) is 0 Å². The maximum atomic E-state index is 11.4. The summed E-state index contributed by atoms with van der Waals surface area (Å²) in [6, 6.07) is 0. The molecule has 3 fully saturated rings. The van der Waals surface area contributed by atoms with Gasteiger partial charge in [-0.2, -0.15) is 0 Å². The van der Waals surface area contributed by atoms with Crippen LogP contribution in [0.5, 0.6) is 0 Å². The summed E-state index contributed by atoms with van der Waals surface area (Å²) in [6.45, 7) is 0. The van der Waals surface area contributed by atoms with Crippen molar-refractivity contribution >= 4 is 5.97 Å². The lowest BCUT2D eigenvalue weighted by molar-refractivity contribution is -0.154. The summed E-state index contributed by atoms with van der Waals surface area (Å²) in [5.41, 5.74) is -0.261. The molecule has 0 amide bonds. The van der Waals surface area contributed by atoms with E-state index in [0.717, 1.165) is 18.8 Å². The molecule has 13 heavy (non-hydrogen) atoms. The molecule has 0 unspecified atom stereocenters. The lowest BCUT2D eigenvalue weighted by Gasteiger charge is -2.35. The molecule has 4 atom stereocenters. The number of carboxylic acid groups (broad SMARTS) is 1. The van der Waals surface area contributed by atoms with Gasteiger partial charge in [0.25, 0.3) is 0 Å². The Morgan fingerprint density at radius 1 is 1.31 bits per heavy atom.